The average Bonchev–Trinajstić information content (AvgIpc) is 3.19. The van der Waals surface area contributed by atoms with E-state index in [4.69, 9.17) is 4.42 Å². The first-order chi connectivity index (χ1) is 14.9. The molecular weight excluding hydrogens is 400 g/mol. The molecule has 1 aliphatic rings. The van der Waals surface area contributed by atoms with Gasteiger partial charge in [0.15, 0.2) is 11.7 Å². The lowest BCUT2D eigenvalue weighted by Gasteiger charge is -2.34. The van der Waals surface area contributed by atoms with Crippen molar-refractivity contribution in [3.63, 3.8) is 0 Å². The number of pyridine rings is 1. The van der Waals surface area contributed by atoms with Gasteiger partial charge in [0.2, 0.25) is 0 Å². The van der Waals surface area contributed by atoms with Crippen LogP contribution >= 0.6 is 0 Å². The summed E-state index contributed by atoms with van der Waals surface area (Å²) in [6.07, 6.45) is 4.54. The number of hydrogen-bond donors (Lipinski definition) is 0. The van der Waals surface area contributed by atoms with E-state index in [1.165, 1.54) is 0 Å². The molecule has 2 aromatic heterocycles. The molecule has 0 radical (unpaired) electrons. The first-order valence-electron chi connectivity index (χ1n) is 10.7. The van der Waals surface area contributed by atoms with Crippen LogP contribution in [0.3, 0.4) is 0 Å². The molecule has 1 aromatic carbocycles. The highest BCUT2D eigenvalue weighted by Crippen LogP contribution is 2.29. The van der Waals surface area contributed by atoms with Crippen molar-refractivity contribution in [1.29, 1.82) is 0 Å². The van der Waals surface area contributed by atoms with E-state index >= 15 is 0 Å². The van der Waals surface area contributed by atoms with Crippen LogP contribution in [0.2, 0.25) is 0 Å². The summed E-state index contributed by atoms with van der Waals surface area (Å²) in [6.45, 7) is 1.60. The molecule has 2 heterocycles. The molecule has 31 heavy (non-hydrogen) atoms. The minimum absolute atomic E-state index is 0.0165. The third-order valence-electron chi connectivity index (χ3n) is 6.24. The van der Waals surface area contributed by atoms with Gasteiger partial charge in [-0.3, -0.25) is 14.7 Å². The number of carbonyl (C=O) groups is 1. The summed E-state index contributed by atoms with van der Waals surface area (Å²) in [5, 5.41) is 2.00. The molecule has 0 bridgehead atoms. The van der Waals surface area contributed by atoms with Crippen molar-refractivity contribution in [3.8, 4) is 11.3 Å². The largest absolute Gasteiger partial charge is 0.441 e. The lowest BCUT2D eigenvalue weighted by atomic mass is 9.82. The molecule has 0 aliphatic heterocycles. The number of oxazole rings is 1. The summed E-state index contributed by atoms with van der Waals surface area (Å²) in [5.41, 5.74) is 1.68. The van der Waals surface area contributed by atoms with Gasteiger partial charge in [0.05, 0.1) is 12.7 Å². The number of fused-ring (bicyclic) bond motifs is 1. The minimum Gasteiger partial charge on any atom is -0.441 e. The first-order valence-corrected chi connectivity index (χ1v) is 10.7. The van der Waals surface area contributed by atoms with Crippen LogP contribution in [0.1, 0.15) is 37.3 Å². The van der Waals surface area contributed by atoms with E-state index in [9.17, 15) is 13.6 Å². The summed E-state index contributed by atoms with van der Waals surface area (Å²) in [6, 6.07) is 8.07. The third-order valence-corrected chi connectivity index (χ3v) is 6.24. The lowest BCUT2D eigenvalue weighted by molar-refractivity contribution is -0.123. The monoisotopic (exact) mass is 427 g/mol. The maximum atomic E-state index is 12.9. The van der Waals surface area contributed by atoms with E-state index in [2.05, 4.69) is 9.97 Å². The van der Waals surface area contributed by atoms with Crippen LogP contribution in [-0.4, -0.2) is 46.7 Å². The topological polar surface area (TPSA) is 59.2 Å². The predicted octanol–water partition coefficient (Wildman–Crippen LogP) is 5.07. The Morgan fingerprint density at radius 3 is 2.58 bits per heavy atom. The SMILES string of the molecule is Cc1ncc(-c2ccc3cnc(CC(=O)C4CCC(N(C)CC(F)F)CC4)cc3c2)o1. The van der Waals surface area contributed by atoms with Gasteiger partial charge in [0, 0.05) is 48.1 Å². The Morgan fingerprint density at radius 2 is 1.90 bits per heavy atom. The standard InChI is InChI=1S/C24H27F2N3O2/c1-15-27-13-23(31-15)17-3-4-18-12-28-20(10-19(18)9-17)11-22(30)16-5-7-21(8-6-16)29(2)14-24(25)26/h3-4,9-10,12-13,16,21,24H,5-8,11,14H2,1-2H3. The number of alkyl halides is 2. The number of Topliss-reactive ketones (excluding diaryl/α,β-unsaturated/α-hetero) is 1. The Kier molecular flexibility index (Phi) is 6.41. The van der Waals surface area contributed by atoms with E-state index < -0.39 is 6.43 Å². The zero-order valence-corrected chi connectivity index (χ0v) is 17.9. The first kappa shape index (κ1) is 21.6. The smallest absolute Gasteiger partial charge is 0.251 e. The second-order valence-corrected chi connectivity index (χ2v) is 8.46. The molecule has 0 atom stereocenters. The number of aryl methyl sites for hydroxylation is 1. The molecule has 5 nitrogen and oxygen atoms in total. The third kappa shape index (κ3) is 5.15. The molecule has 1 saturated carbocycles. The van der Waals surface area contributed by atoms with E-state index in [1.807, 2.05) is 31.2 Å². The summed E-state index contributed by atoms with van der Waals surface area (Å²) in [5.74, 6) is 1.50. The molecule has 1 aliphatic carbocycles. The van der Waals surface area contributed by atoms with Gasteiger partial charge in [-0.2, -0.15) is 0 Å². The van der Waals surface area contributed by atoms with E-state index in [-0.39, 0.29) is 24.3 Å². The fraction of sp³-hybridized carbons (Fsp3) is 0.458. The second kappa shape index (κ2) is 9.22. The van der Waals surface area contributed by atoms with Crippen LogP contribution in [0.15, 0.2) is 41.1 Å². The number of rotatable bonds is 7. The number of halogens is 2. The number of nitrogens with zero attached hydrogens (tertiary/aromatic N) is 3. The Labute approximate surface area is 180 Å². The number of carbonyl (C=O) groups excluding carboxylic acids is 1. The molecule has 1 fully saturated rings. The highest BCUT2D eigenvalue weighted by Gasteiger charge is 2.29. The Bertz CT molecular complexity index is 1060. The maximum Gasteiger partial charge on any atom is 0.251 e. The van der Waals surface area contributed by atoms with E-state index in [0.717, 1.165) is 47.7 Å². The molecular formula is C24H27F2N3O2. The zero-order chi connectivity index (χ0) is 22.0. The average molecular weight is 427 g/mol. The summed E-state index contributed by atoms with van der Waals surface area (Å²) in [7, 11) is 1.74. The van der Waals surface area contributed by atoms with Gasteiger partial charge in [-0.05, 0) is 50.2 Å². The Morgan fingerprint density at radius 1 is 1.13 bits per heavy atom. The molecule has 0 spiro atoms. The quantitative estimate of drug-likeness (QED) is 0.527. The van der Waals surface area contributed by atoms with E-state index in [1.54, 1.807) is 24.3 Å². The zero-order valence-electron chi connectivity index (χ0n) is 17.9. The number of benzene rings is 1. The maximum absolute atomic E-state index is 12.9. The molecule has 164 valence electrons. The van der Waals surface area contributed by atoms with Crippen molar-refractivity contribution < 1.29 is 18.0 Å². The summed E-state index contributed by atoms with van der Waals surface area (Å²) < 4.78 is 30.8. The predicted molar refractivity (Wildman–Crippen MR) is 115 cm³/mol. The highest BCUT2D eigenvalue weighted by molar-refractivity contribution is 5.88. The van der Waals surface area contributed by atoms with E-state index in [0.29, 0.717) is 18.1 Å². The van der Waals surface area contributed by atoms with Gasteiger partial charge >= 0.3 is 0 Å². The highest BCUT2D eigenvalue weighted by atomic mass is 19.3. The Hall–Kier alpha value is -2.67. The molecule has 0 saturated heterocycles. The van der Waals surface area contributed by atoms with Gasteiger partial charge in [-0.15, -0.1) is 0 Å². The second-order valence-electron chi connectivity index (χ2n) is 8.46. The molecule has 7 heteroatoms. The van der Waals surface area contributed by atoms with Crippen LogP contribution in [0.4, 0.5) is 8.78 Å². The molecule has 0 unspecified atom stereocenters. The van der Waals surface area contributed by atoms with Crippen LogP contribution in [0, 0.1) is 12.8 Å². The number of aromatic nitrogens is 2. The molecule has 3 aromatic rings. The van der Waals surface area contributed by atoms with Gasteiger partial charge in [0.1, 0.15) is 5.78 Å². The number of ketones is 1. The van der Waals surface area contributed by atoms with Gasteiger partial charge in [0.25, 0.3) is 6.43 Å². The normalized spacial score (nSPS) is 19.4. The fourth-order valence-electron chi connectivity index (χ4n) is 4.46. The molecule has 0 amide bonds. The minimum atomic E-state index is -2.32. The van der Waals surface area contributed by atoms with Crippen molar-refractivity contribution in [3.05, 3.63) is 48.2 Å². The van der Waals surface area contributed by atoms with Crippen LogP contribution in [-0.2, 0) is 11.2 Å². The van der Waals surface area contributed by atoms with Gasteiger partial charge in [-0.1, -0.05) is 12.1 Å². The Balaban J connectivity index is 1.41. The van der Waals surface area contributed by atoms with Gasteiger partial charge < -0.3 is 4.42 Å². The van der Waals surface area contributed by atoms with Crippen LogP contribution in [0.5, 0.6) is 0 Å². The van der Waals surface area contributed by atoms with Crippen LogP contribution < -0.4 is 0 Å². The van der Waals surface area contributed by atoms with Crippen molar-refractivity contribution in [2.45, 2.75) is 51.5 Å². The van der Waals surface area contributed by atoms with Crippen molar-refractivity contribution in [1.82, 2.24) is 14.9 Å². The molecule has 4 rings (SSSR count). The van der Waals surface area contributed by atoms with Crippen molar-refractivity contribution in [2.24, 2.45) is 5.92 Å². The fourth-order valence-corrected chi connectivity index (χ4v) is 4.46. The molecule has 0 N–H and O–H groups in total. The lowest BCUT2D eigenvalue weighted by Crippen LogP contribution is -2.39. The van der Waals surface area contributed by atoms with Crippen molar-refractivity contribution >= 4 is 16.6 Å². The van der Waals surface area contributed by atoms with Crippen molar-refractivity contribution in [2.75, 3.05) is 13.6 Å². The number of hydrogen-bond acceptors (Lipinski definition) is 5. The van der Waals surface area contributed by atoms with Crippen LogP contribution in [0.25, 0.3) is 22.1 Å². The summed E-state index contributed by atoms with van der Waals surface area (Å²) >= 11 is 0. The summed E-state index contributed by atoms with van der Waals surface area (Å²) in [4.78, 5) is 23.2. The van der Waals surface area contributed by atoms with Gasteiger partial charge in [-0.25, -0.2) is 13.8 Å².